The van der Waals surface area contributed by atoms with Crippen LogP contribution in [0.5, 0.6) is 0 Å². The fraction of sp³-hybridized carbons (Fsp3) is 0.417. The highest BCUT2D eigenvalue weighted by atomic mass is 35.5. The lowest BCUT2D eigenvalue weighted by Gasteiger charge is -2.07. The van der Waals surface area contributed by atoms with Crippen molar-refractivity contribution in [2.24, 2.45) is 4.36 Å². The minimum absolute atomic E-state index is 0.214. The van der Waals surface area contributed by atoms with E-state index in [4.69, 9.17) is 17.3 Å². The maximum Gasteiger partial charge on any atom is 0.285 e. The monoisotopic (exact) mass is 272 g/mol. The standard InChI is InChI=1S/C12H17ClN2OS/c1-4-17(5-2)15-12(16)10-7-9(13)6-8(3)11(10)14/h6-7H,4-5,14H2,1-3H3. The van der Waals surface area contributed by atoms with E-state index in [2.05, 4.69) is 4.36 Å². The Labute approximate surface area is 109 Å². The normalized spacial score (nSPS) is 10.6. The number of nitrogen functional groups attached to an aromatic ring is 1. The van der Waals surface area contributed by atoms with E-state index < -0.39 is 0 Å². The first kappa shape index (κ1) is 14.2. The van der Waals surface area contributed by atoms with Crippen LogP contribution < -0.4 is 5.73 Å². The number of hydrogen-bond acceptors (Lipinski definition) is 2. The molecule has 0 aliphatic carbocycles. The molecule has 94 valence electrons. The van der Waals surface area contributed by atoms with Gasteiger partial charge in [0.2, 0.25) is 0 Å². The van der Waals surface area contributed by atoms with E-state index in [1.807, 2.05) is 20.8 Å². The van der Waals surface area contributed by atoms with Gasteiger partial charge in [-0.05, 0) is 24.6 Å². The third kappa shape index (κ3) is 3.54. The molecule has 17 heavy (non-hydrogen) atoms. The molecule has 0 aromatic heterocycles. The number of nitrogens with two attached hydrogens (primary N) is 1. The number of anilines is 1. The van der Waals surface area contributed by atoms with Gasteiger partial charge in [0.05, 0.1) is 5.56 Å². The molecule has 0 atom stereocenters. The van der Waals surface area contributed by atoms with E-state index in [-0.39, 0.29) is 16.6 Å². The number of carbonyl (C=O) groups excluding carboxylic acids is 1. The molecule has 0 aliphatic heterocycles. The Bertz CT molecular complexity index is 466. The van der Waals surface area contributed by atoms with Crippen molar-refractivity contribution in [2.45, 2.75) is 20.8 Å². The van der Waals surface area contributed by atoms with E-state index in [1.165, 1.54) is 0 Å². The summed E-state index contributed by atoms with van der Waals surface area (Å²) in [4.78, 5) is 12.0. The van der Waals surface area contributed by atoms with Gasteiger partial charge in [-0.2, -0.15) is 4.36 Å². The van der Waals surface area contributed by atoms with Gasteiger partial charge in [0, 0.05) is 22.2 Å². The van der Waals surface area contributed by atoms with Gasteiger partial charge in [-0.1, -0.05) is 36.1 Å². The van der Waals surface area contributed by atoms with Crippen LogP contribution in [0, 0.1) is 6.92 Å². The SMILES string of the molecule is CCS(CC)=NC(=O)c1cc(Cl)cc(C)c1N. The van der Waals surface area contributed by atoms with Crippen LogP contribution in [0.4, 0.5) is 5.69 Å². The topological polar surface area (TPSA) is 55.5 Å². The molecule has 0 spiro atoms. The summed E-state index contributed by atoms with van der Waals surface area (Å²) >= 11 is 5.92. The van der Waals surface area contributed by atoms with E-state index in [9.17, 15) is 4.79 Å². The molecule has 0 radical (unpaired) electrons. The number of amides is 1. The van der Waals surface area contributed by atoms with Gasteiger partial charge in [0.1, 0.15) is 0 Å². The van der Waals surface area contributed by atoms with Gasteiger partial charge < -0.3 is 5.73 Å². The third-order valence-electron chi connectivity index (χ3n) is 2.46. The molecule has 0 saturated carbocycles. The van der Waals surface area contributed by atoms with Crippen molar-refractivity contribution in [3.63, 3.8) is 0 Å². The molecule has 0 saturated heterocycles. The van der Waals surface area contributed by atoms with Gasteiger partial charge in [0.25, 0.3) is 5.91 Å². The molecule has 0 bridgehead atoms. The summed E-state index contributed by atoms with van der Waals surface area (Å²) in [6, 6.07) is 3.33. The zero-order chi connectivity index (χ0) is 13.0. The lowest BCUT2D eigenvalue weighted by Crippen LogP contribution is -2.06. The molecular formula is C12H17ClN2OS. The van der Waals surface area contributed by atoms with Gasteiger partial charge in [-0.25, -0.2) is 0 Å². The largest absolute Gasteiger partial charge is 0.398 e. The van der Waals surface area contributed by atoms with Crippen molar-refractivity contribution < 1.29 is 4.79 Å². The van der Waals surface area contributed by atoms with Crippen LogP contribution in [-0.2, 0) is 10.7 Å². The second kappa shape index (κ2) is 6.17. The molecule has 0 aliphatic rings. The van der Waals surface area contributed by atoms with Crippen LogP contribution in [0.15, 0.2) is 16.5 Å². The zero-order valence-corrected chi connectivity index (χ0v) is 11.9. The number of halogens is 1. The van der Waals surface area contributed by atoms with Crippen molar-refractivity contribution in [2.75, 3.05) is 17.2 Å². The number of nitrogens with zero attached hydrogens (tertiary/aromatic N) is 1. The molecule has 5 heteroatoms. The Balaban J connectivity index is 3.17. The Kier molecular flexibility index (Phi) is 5.15. The molecular weight excluding hydrogens is 256 g/mol. The minimum Gasteiger partial charge on any atom is -0.398 e. The maximum absolute atomic E-state index is 12.0. The van der Waals surface area contributed by atoms with E-state index in [1.54, 1.807) is 12.1 Å². The Hall–Kier alpha value is -0.870. The predicted octanol–water partition coefficient (Wildman–Crippen LogP) is 3.21. The lowest BCUT2D eigenvalue weighted by atomic mass is 10.1. The summed E-state index contributed by atoms with van der Waals surface area (Å²) in [5, 5.41) is 0.517. The van der Waals surface area contributed by atoms with E-state index in [0.29, 0.717) is 16.3 Å². The third-order valence-corrected chi connectivity index (χ3v) is 4.44. The van der Waals surface area contributed by atoms with Gasteiger partial charge in [-0.3, -0.25) is 4.79 Å². The highest BCUT2D eigenvalue weighted by Gasteiger charge is 2.12. The van der Waals surface area contributed by atoms with Crippen LogP contribution in [0.25, 0.3) is 0 Å². The highest BCUT2D eigenvalue weighted by Crippen LogP contribution is 2.23. The number of carbonyl (C=O) groups is 1. The summed E-state index contributed by atoms with van der Waals surface area (Å²) in [5.74, 6) is 1.49. The fourth-order valence-corrected chi connectivity index (χ4v) is 2.70. The highest BCUT2D eigenvalue weighted by molar-refractivity contribution is 7.87. The van der Waals surface area contributed by atoms with Crippen LogP contribution in [0.1, 0.15) is 29.8 Å². The van der Waals surface area contributed by atoms with Crippen molar-refractivity contribution >= 4 is 33.9 Å². The first-order valence-corrected chi connectivity index (χ1v) is 7.38. The predicted molar refractivity (Wildman–Crippen MR) is 75.8 cm³/mol. The lowest BCUT2D eigenvalue weighted by molar-refractivity contribution is 0.101. The molecule has 0 fully saturated rings. The van der Waals surface area contributed by atoms with Gasteiger partial charge >= 0.3 is 0 Å². The van der Waals surface area contributed by atoms with Crippen LogP contribution in [0.3, 0.4) is 0 Å². The first-order chi connectivity index (χ1) is 7.99. The fourth-order valence-electron chi connectivity index (χ4n) is 1.43. The first-order valence-electron chi connectivity index (χ1n) is 5.48. The second-order valence-electron chi connectivity index (χ2n) is 3.62. The van der Waals surface area contributed by atoms with Gasteiger partial charge in [-0.15, -0.1) is 0 Å². The molecule has 3 nitrogen and oxygen atoms in total. The molecule has 1 aromatic carbocycles. The average Bonchev–Trinajstić information content (AvgIpc) is 2.30. The Morgan fingerprint density at radius 1 is 1.41 bits per heavy atom. The summed E-state index contributed by atoms with van der Waals surface area (Å²) in [6.45, 7) is 5.88. The summed E-state index contributed by atoms with van der Waals surface area (Å²) in [6.07, 6.45) is 0. The smallest absolute Gasteiger partial charge is 0.285 e. The molecule has 2 N–H and O–H groups in total. The quantitative estimate of drug-likeness (QED) is 0.859. The number of rotatable bonds is 3. The summed E-state index contributed by atoms with van der Waals surface area (Å²) in [5.41, 5.74) is 7.57. The molecule has 0 heterocycles. The Morgan fingerprint density at radius 3 is 2.53 bits per heavy atom. The Morgan fingerprint density at radius 2 is 2.00 bits per heavy atom. The maximum atomic E-state index is 12.0. The molecule has 1 aromatic rings. The second-order valence-corrected chi connectivity index (χ2v) is 6.32. The van der Waals surface area contributed by atoms with E-state index >= 15 is 0 Å². The molecule has 0 unspecified atom stereocenters. The van der Waals surface area contributed by atoms with Gasteiger partial charge in [0.15, 0.2) is 0 Å². The molecule has 1 rings (SSSR count). The van der Waals surface area contributed by atoms with E-state index in [0.717, 1.165) is 17.1 Å². The van der Waals surface area contributed by atoms with Crippen molar-refractivity contribution in [1.82, 2.24) is 0 Å². The summed E-state index contributed by atoms with van der Waals surface area (Å²) in [7, 11) is -0.214. The van der Waals surface area contributed by atoms with Crippen molar-refractivity contribution in [3.8, 4) is 0 Å². The number of hydrogen-bond donors (Lipinski definition) is 1. The molecule has 1 amide bonds. The number of benzene rings is 1. The number of aryl methyl sites for hydroxylation is 1. The summed E-state index contributed by atoms with van der Waals surface area (Å²) < 4.78 is 4.18. The average molecular weight is 273 g/mol. The minimum atomic E-state index is -0.264. The van der Waals surface area contributed by atoms with Crippen molar-refractivity contribution in [1.29, 1.82) is 0 Å². The van der Waals surface area contributed by atoms with Crippen molar-refractivity contribution in [3.05, 3.63) is 28.3 Å². The zero-order valence-electron chi connectivity index (χ0n) is 10.3. The van der Waals surface area contributed by atoms with Crippen LogP contribution >= 0.6 is 11.6 Å². The van der Waals surface area contributed by atoms with Crippen LogP contribution in [0.2, 0.25) is 5.02 Å². The van der Waals surface area contributed by atoms with Crippen LogP contribution in [-0.4, -0.2) is 17.4 Å².